The Bertz CT molecular complexity index is 836. The second-order valence-electron chi connectivity index (χ2n) is 6.00. The van der Waals surface area contributed by atoms with Crippen molar-refractivity contribution in [3.8, 4) is 5.75 Å². The average Bonchev–Trinajstić information content (AvgIpc) is 2.59. The van der Waals surface area contributed by atoms with Gasteiger partial charge in [-0.05, 0) is 49.4 Å². The molecule has 0 fully saturated rings. The minimum Gasteiger partial charge on any atom is -0.497 e. The zero-order valence-electron chi connectivity index (χ0n) is 13.8. The van der Waals surface area contributed by atoms with Gasteiger partial charge in [0.2, 0.25) is 0 Å². The first-order valence-corrected chi connectivity index (χ1v) is 8.98. The molecule has 1 heterocycles. The Kier molecular flexibility index (Phi) is 5.13. The average molecular weight is 361 g/mol. The van der Waals surface area contributed by atoms with Gasteiger partial charge in [-0.2, -0.15) is 0 Å². The summed E-state index contributed by atoms with van der Waals surface area (Å²) in [4.78, 5) is 28.1. The van der Waals surface area contributed by atoms with Gasteiger partial charge in [0.1, 0.15) is 11.0 Å². The molecule has 3 rings (SSSR count). The standard InChI is InChI=1S/C18H19NO5S/c1-24-10-6-7-14-12(8-10)17(11-4-2-3-5-13(11)19-14)25-15(18(22)23)9-16(20)21/h6-8,15H,2-5,9H2,1H3,(H,20,21)(H,22,23). The van der Waals surface area contributed by atoms with Crippen molar-refractivity contribution >= 4 is 34.6 Å². The molecule has 0 spiro atoms. The molecule has 0 bridgehead atoms. The number of thioether (sulfide) groups is 1. The predicted octanol–water partition coefficient (Wildman–Crippen LogP) is 3.14. The largest absolute Gasteiger partial charge is 0.497 e. The Morgan fingerprint density at radius 2 is 2.04 bits per heavy atom. The van der Waals surface area contributed by atoms with Gasteiger partial charge in [-0.25, -0.2) is 0 Å². The van der Waals surface area contributed by atoms with Gasteiger partial charge in [0, 0.05) is 16.0 Å². The van der Waals surface area contributed by atoms with Gasteiger partial charge in [-0.15, -0.1) is 11.8 Å². The molecule has 7 heteroatoms. The molecule has 132 valence electrons. The van der Waals surface area contributed by atoms with E-state index in [1.807, 2.05) is 18.2 Å². The molecule has 0 saturated heterocycles. The van der Waals surface area contributed by atoms with E-state index < -0.39 is 23.6 Å². The minimum absolute atomic E-state index is 0.428. The summed E-state index contributed by atoms with van der Waals surface area (Å²) in [6.07, 6.45) is 3.35. The van der Waals surface area contributed by atoms with Crippen LogP contribution in [0.2, 0.25) is 0 Å². The molecule has 2 N–H and O–H groups in total. The summed E-state index contributed by atoms with van der Waals surface area (Å²) in [6, 6.07) is 5.53. The molecule has 1 aliphatic carbocycles. The summed E-state index contributed by atoms with van der Waals surface area (Å²) in [5, 5.41) is 18.3. The Balaban J connectivity index is 2.15. The van der Waals surface area contributed by atoms with Crippen molar-refractivity contribution < 1.29 is 24.5 Å². The van der Waals surface area contributed by atoms with Crippen LogP contribution in [-0.2, 0) is 22.4 Å². The van der Waals surface area contributed by atoms with E-state index in [9.17, 15) is 14.7 Å². The van der Waals surface area contributed by atoms with Crippen LogP contribution in [0.25, 0.3) is 10.9 Å². The van der Waals surface area contributed by atoms with Crippen molar-refractivity contribution in [1.29, 1.82) is 0 Å². The number of nitrogens with zero attached hydrogens (tertiary/aromatic N) is 1. The van der Waals surface area contributed by atoms with Crippen molar-refractivity contribution in [3.63, 3.8) is 0 Å². The van der Waals surface area contributed by atoms with Crippen molar-refractivity contribution in [2.75, 3.05) is 7.11 Å². The lowest BCUT2D eigenvalue weighted by molar-refractivity contribution is -0.142. The van der Waals surface area contributed by atoms with E-state index in [0.29, 0.717) is 5.75 Å². The highest BCUT2D eigenvalue weighted by atomic mass is 32.2. The maximum atomic E-state index is 11.5. The number of rotatable bonds is 6. The summed E-state index contributed by atoms with van der Waals surface area (Å²) in [5.41, 5.74) is 2.82. The first kappa shape index (κ1) is 17.5. The van der Waals surface area contributed by atoms with E-state index in [0.717, 1.165) is 64.5 Å². The number of aryl methyl sites for hydroxylation is 1. The van der Waals surface area contributed by atoms with Gasteiger partial charge in [0.05, 0.1) is 19.0 Å². The van der Waals surface area contributed by atoms with Gasteiger partial charge < -0.3 is 14.9 Å². The number of aromatic nitrogens is 1. The van der Waals surface area contributed by atoms with E-state index >= 15 is 0 Å². The van der Waals surface area contributed by atoms with E-state index in [2.05, 4.69) is 0 Å². The third-order valence-electron chi connectivity index (χ3n) is 4.31. The fourth-order valence-electron chi connectivity index (χ4n) is 3.10. The molecule has 0 amide bonds. The molecule has 6 nitrogen and oxygen atoms in total. The van der Waals surface area contributed by atoms with Crippen LogP contribution in [0.1, 0.15) is 30.5 Å². The van der Waals surface area contributed by atoms with Crippen LogP contribution < -0.4 is 4.74 Å². The van der Waals surface area contributed by atoms with Crippen LogP contribution in [0.4, 0.5) is 0 Å². The van der Waals surface area contributed by atoms with Crippen LogP contribution in [-0.4, -0.2) is 39.5 Å². The van der Waals surface area contributed by atoms with Crippen LogP contribution in [0.15, 0.2) is 23.1 Å². The third kappa shape index (κ3) is 3.71. The quantitative estimate of drug-likeness (QED) is 0.763. The van der Waals surface area contributed by atoms with Crippen LogP contribution in [0.3, 0.4) is 0 Å². The second-order valence-corrected chi connectivity index (χ2v) is 7.21. The summed E-state index contributed by atoms with van der Waals surface area (Å²) in [6.45, 7) is 0. The second kappa shape index (κ2) is 7.31. The summed E-state index contributed by atoms with van der Waals surface area (Å²) in [7, 11) is 1.57. The van der Waals surface area contributed by atoms with Gasteiger partial charge in [-0.1, -0.05) is 0 Å². The number of fused-ring (bicyclic) bond motifs is 2. The molecule has 1 aromatic heterocycles. The lowest BCUT2D eigenvalue weighted by Crippen LogP contribution is -2.21. The van der Waals surface area contributed by atoms with E-state index in [-0.39, 0.29) is 0 Å². The number of pyridine rings is 1. The van der Waals surface area contributed by atoms with Gasteiger partial charge in [0.25, 0.3) is 0 Å². The van der Waals surface area contributed by atoms with Crippen molar-refractivity contribution in [2.24, 2.45) is 0 Å². The Labute approximate surface area is 149 Å². The fourth-order valence-corrected chi connectivity index (χ4v) is 4.37. The molecule has 0 aliphatic heterocycles. The molecule has 1 atom stereocenters. The molecule has 1 aromatic carbocycles. The van der Waals surface area contributed by atoms with E-state index in [1.54, 1.807) is 7.11 Å². The highest BCUT2D eigenvalue weighted by Crippen LogP contribution is 2.39. The number of aliphatic carboxylic acids is 2. The maximum Gasteiger partial charge on any atom is 0.317 e. The normalized spacial score (nSPS) is 14.8. The van der Waals surface area contributed by atoms with E-state index in [4.69, 9.17) is 14.8 Å². The Hall–Kier alpha value is -2.28. The molecule has 25 heavy (non-hydrogen) atoms. The number of ether oxygens (including phenoxy) is 1. The predicted molar refractivity (Wildman–Crippen MR) is 94.5 cm³/mol. The minimum atomic E-state index is -1.12. The van der Waals surface area contributed by atoms with E-state index in [1.165, 1.54) is 0 Å². The van der Waals surface area contributed by atoms with Crippen molar-refractivity contribution in [1.82, 2.24) is 4.98 Å². The monoisotopic (exact) mass is 361 g/mol. The summed E-state index contributed by atoms with van der Waals surface area (Å²) in [5.74, 6) is -1.58. The highest BCUT2D eigenvalue weighted by Gasteiger charge is 2.27. The molecule has 0 saturated carbocycles. The molecule has 1 aliphatic rings. The number of benzene rings is 1. The zero-order chi connectivity index (χ0) is 18.0. The lowest BCUT2D eigenvalue weighted by atomic mass is 9.94. The molecule has 1 unspecified atom stereocenters. The summed E-state index contributed by atoms with van der Waals surface area (Å²) >= 11 is 1.11. The topological polar surface area (TPSA) is 96.7 Å². The number of carboxylic acids is 2. The number of methoxy groups -OCH3 is 1. The molecular formula is C18H19NO5S. The number of hydrogen-bond acceptors (Lipinski definition) is 5. The van der Waals surface area contributed by atoms with Crippen LogP contribution in [0.5, 0.6) is 5.75 Å². The smallest absolute Gasteiger partial charge is 0.317 e. The highest BCUT2D eigenvalue weighted by molar-refractivity contribution is 8.00. The van der Waals surface area contributed by atoms with Crippen molar-refractivity contribution in [3.05, 3.63) is 29.5 Å². The van der Waals surface area contributed by atoms with Crippen LogP contribution >= 0.6 is 11.8 Å². The maximum absolute atomic E-state index is 11.5. The number of hydrogen-bond donors (Lipinski definition) is 2. The number of carboxylic acid groups (broad SMARTS) is 2. The molecule has 0 radical (unpaired) electrons. The zero-order valence-corrected chi connectivity index (χ0v) is 14.6. The summed E-state index contributed by atoms with van der Waals surface area (Å²) < 4.78 is 5.29. The van der Waals surface area contributed by atoms with Gasteiger partial charge >= 0.3 is 11.9 Å². The first-order valence-electron chi connectivity index (χ1n) is 8.10. The Morgan fingerprint density at radius 1 is 1.28 bits per heavy atom. The van der Waals surface area contributed by atoms with Crippen LogP contribution in [0, 0.1) is 0 Å². The Morgan fingerprint density at radius 3 is 2.72 bits per heavy atom. The van der Waals surface area contributed by atoms with Gasteiger partial charge in [0.15, 0.2) is 0 Å². The molecular weight excluding hydrogens is 342 g/mol. The SMILES string of the molecule is COc1ccc2nc3c(c(SC(CC(=O)O)C(=O)O)c2c1)CCCC3. The lowest BCUT2D eigenvalue weighted by Gasteiger charge is -2.22. The van der Waals surface area contributed by atoms with Crippen molar-refractivity contribution in [2.45, 2.75) is 42.2 Å². The molecule has 2 aromatic rings. The fraction of sp³-hybridized carbons (Fsp3) is 0.389. The number of carbonyl (C=O) groups is 2. The first-order chi connectivity index (χ1) is 12.0. The van der Waals surface area contributed by atoms with Gasteiger partial charge in [-0.3, -0.25) is 14.6 Å². The third-order valence-corrected chi connectivity index (χ3v) is 5.67.